The van der Waals surface area contributed by atoms with Crippen molar-refractivity contribution in [2.75, 3.05) is 0 Å². The van der Waals surface area contributed by atoms with E-state index in [0.717, 1.165) is 0 Å². The fraction of sp³-hybridized carbons (Fsp3) is 0. The first-order valence-electron chi connectivity index (χ1n) is 8.76. The van der Waals surface area contributed by atoms with E-state index < -0.39 is 7.81 Å². The first-order chi connectivity index (χ1) is 14.3. The van der Waals surface area contributed by atoms with E-state index in [1.54, 1.807) is 22.7 Å². The molecule has 0 atom stereocenters. The quantitative estimate of drug-likeness (QED) is 0.152. The van der Waals surface area contributed by atoms with Gasteiger partial charge in [-0.15, -0.1) is 22.7 Å². The molecule has 0 amide bonds. The van der Waals surface area contributed by atoms with Gasteiger partial charge in [-0.25, -0.2) is 0 Å². The topological polar surface area (TPSA) is 4.10 Å². The molecule has 0 aliphatic rings. The Bertz CT molecular complexity index is 1120. The van der Waals surface area contributed by atoms with Gasteiger partial charge in [0.1, 0.15) is 0 Å². The number of hydrogen-bond donors (Lipinski definition) is 0. The molecular formula is C21H16F6NPS2. The van der Waals surface area contributed by atoms with E-state index in [-0.39, 0.29) is 0 Å². The van der Waals surface area contributed by atoms with Gasteiger partial charge in [0.15, 0.2) is 12.4 Å². The summed E-state index contributed by atoms with van der Waals surface area (Å²) in [6.07, 6.45) is 12.9. The molecule has 0 radical (unpaired) electrons. The maximum absolute atomic E-state index is 10.7. The van der Waals surface area contributed by atoms with E-state index in [9.17, 15) is 25.2 Å². The van der Waals surface area contributed by atoms with Crippen LogP contribution in [0.4, 0.5) is 25.2 Å². The van der Waals surface area contributed by atoms with Crippen molar-refractivity contribution in [2.24, 2.45) is 0 Å². The third-order valence-electron chi connectivity index (χ3n) is 3.75. The van der Waals surface area contributed by atoms with Gasteiger partial charge in [-0.1, -0.05) is 24.3 Å². The first-order valence-corrected chi connectivity index (χ1v) is 12.6. The predicted octanol–water partition coefficient (Wildman–Crippen LogP) is 9.27. The summed E-state index contributed by atoms with van der Waals surface area (Å²) < 4.78 is 61.3. The van der Waals surface area contributed by atoms with Crippen LogP contribution >= 0.6 is 30.5 Å². The van der Waals surface area contributed by atoms with Gasteiger partial charge < -0.3 is 0 Å². The van der Waals surface area contributed by atoms with Gasteiger partial charge in [-0.3, -0.25) is 0 Å². The predicted molar refractivity (Wildman–Crippen MR) is 120 cm³/mol. The number of hydrogen-bond acceptors (Lipinski definition) is 2. The average molecular weight is 491 g/mol. The van der Waals surface area contributed by atoms with Crippen LogP contribution < -0.4 is 4.40 Å². The van der Waals surface area contributed by atoms with Crippen molar-refractivity contribution < 1.29 is 29.6 Å². The molecule has 0 saturated heterocycles. The van der Waals surface area contributed by atoms with E-state index >= 15 is 0 Å². The minimum atomic E-state index is -10.7. The zero-order valence-electron chi connectivity index (χ0n) is 15.7. The number of thiophene rings is 2. The van der Waals surface area contributed by atoms with Crippen LogP contribution in [0, 0.1) is 0 Å². The molecule has 0 saturated carbocycles. The molecule has 0 aromatic carbocycles. The first kappa shape index (κ1) is 23.2. The zero-order valence-corrected chi connectivity index (χ0v) is 18.2. The summed E-state index contributed by atoms with van der Waals surface area (Å²) in [5.74, 6) is 0. The van der Waals surface area contributed by atoms with Crippen molar-refractivity contribution in [1.29, 1.82) is 0 Å². The molecule has 10 heteroatoms. The summed E-state index contributed by atoms with van der Waals surface area (Å²) in [7, 11) is -10.7. The van der Waals surface area contributed by atoms with Gasteiger partial charge in [-0.05, 0) is 46.2 Å². The van der Waals surface area contributed by atoms with E-state index in [1.165, 1.54) is 26.4 Å². The molecule has 4 aromatic rings. The second kappa shape index (κ2) is 8.22. The fourth-order valence-electron chi connectivity index (χ4n) is 2.52. The van der Waals surface area contributed by atoms with E-state index in [0.29, 0.717) is 0 Å². The summed E-state index contributed by atoms with van der Waals surface area (Å²) in [5, 5.41) is 4.20. The Kier molecular flexibility index (Phi) is 6.15. The molecule has 164 valence electrons. The molecule has 4 heterocycles. The van der Waals surface area contributed by atoms with Gasteiger partial charge in [0.2, 0.25) is 5.52 Å². The molecule has 0 aliphatic carbocycles. The molecule has 31 heavy (non-hydrogen) atoms. The van der Waals surface area contributed by atoms with Crippen LogP contribution in [0.15, 0.2) is 71.7 Å². The SMILES string of the molecule is C(=C\c1cccs1)/c1cc[n+]2ccc(/C=C/c3cccs3)cc2c1.F[P-](F)(F)(F)(F)F. The van der Waals surface area contributed by atoms with Crippen LogP contribution in [0.25, 0.3) is 29.8 Å². The maximum atomic E-state index is 9.87. The molecular weight excluding hydrogens is 475 g/mol. The van der Waals surface area contributed by atoms with Crippen LogP contribution in [-0.4, -0.2) is 0 Å². The number of halogens is 6. The Morgan fingerprint density at radius 1 is 0.645 bits per heavy atom. The standard InChI is InChI=1S/C21H16NS2.F6P/c1-3-20(23-13-1)7-5-17-9-11-22-12-10-18(16-19(22)15-17)6-8-21-4-2-14-24-21;1-7(2,3,4,5)6/h1-16H;/q+1;-1/b7-5+,8-6+;. The van der Waals surface area contributed by atoms with E-state index in [2.05, 4.69) is 100 Å². The monoisotopic (exact) mass is 491 g/mol. The van der Waals surface area contributed by atoms with Crippen molar-refractivity contribution in [2.45, 2.75) is 0 Å². The van der Waals surface area contributed by atoms with Crippen molar-refractivity contribution >= 4 is 60.3 Å². The van der Waals surface area contributed by atoms with E-state index in [1.807, 2.05) is 0 Å². The van der Waals surface area contributed by atoms with E-state index in [4.69, 9.17) is 0 Å². The molecule has 0 unspecified atom stereocenters. The molecule has 1 nitrogen and oxygen atoms in total. The van der Waals surface area contributed by atoms with Crippen LogP contribution in [0.1, 0.15) is 20.9 Å². The molecule has 4 aromatic heterocycles. The van der Waals surface area contributed by atoms with Gasteiger partial charge >= 0.3 is 33.0 Å². The van der Waals surface area contributed by atoms with Crippen molar-refractivity contribution in [3.05, 3.63) is 92.6 Å². The average Bonchev–Trinajstić information content (AvgIpc) is 3.35. The molecule has 0 aliphatic heterocycles. The summed E-state index contributed by atoms with van der Waals surface area (Å²) in [6.45, 7) is 0. The van der Waals surface area contributed by atoms with Crippen LogP contribution in [0.2, 0.25) is 0 Å². The summed E-state index contributed by atoms with van der Waals surface area (Å²) >= 11 is 3.51. The zero-order chi connectivity index (χ0) is 22.6. The van der Waals surface area contributed by atoms with Crippen molar-refractivity contribution in [3.8, 4) is 0 Å². The third-order valence-corrected chi connectivity index (χ3v) is 5.42. The number of pyridine rings is 2. The second-order valence-corrected chi connectivity index (χ2v) is 10.3. The Balaban J connectivity index is 0.000000339. The summed E-state index contributed by atoms with van der Waals surface area (Å²) in [4.78, 5) is 2.55. The van der Waals surface area contributed by atoms with Gasteiger partial charge in [-0.2, -0.15) is 4.40 Å². The molecule has 0 fully saturated rings. The second-order valence-electron chi connectivity index (χ2n) is 6.41. The minimum absolute atomic E-state index is 1.19. The molecule has 0 N–H and O–H groups in total. The van der Waals surface area contributed by atoms with Crippen LogP contribution in [-0.2, 0) is 0 Å². The Morgan fingerprint density at radius 2 is 1.06 bits per heavy atom. The molecule has 4 rings (SSSR count). The van der Waals surface area contributed by atoms with Crippen LogP contribution in [0.5, 0.6) is 0 Å². The van der Waals surface area contributed by atoms with Gasteiger partial charge in [0.25, 0.3) is 0 Å². The fourth-order valence-corrected chi connectivity index (χ4v) is 3.76. The summed E-state index contributed by atoms with van der Waals surface area (Å²) in [5.41, 5.74) is 3.61. The van der Waals surface area contributed by atoms with Gasteiger partial charge in [0.05, 0.1) is 0 Å². The normalized spacial score (nSPS) is 14.4. The number of rotatable bonds is 4. The molecule has 0 spiro atoms. The summed E-state index contributed by atoms with van der Waals surface area (Å²) in [6, 6.07) is 17.1. The Morgan fingerprint density at radius 3 is 1.42 bits per heavy atom. The number of nitrogens with zero attached hydrogens (tertiary/aromatic N) is 1. The van der Waals surface area contributed by atoms with Crippen molar-refractivity contribution in [1.82, 2.24) is 0 Å². The Hall–Kier alpha value is -2.48. The van der Waals surface area contributed by atoms with Crippen molar-refractivity contribution in [3.63, 3.8) is 0 Å². The number of fused-ring (bicyclic) bond motifs is 1. The third kappa shape index (κ3) is 9.46. The Labute approximate surface area is 182 Å². The number of aromatic nitrogens is 1. The van der Waals surface area contributed by atoms with Crippen LogP contribution in [0.3, 0.4) is 0 Å². The van der Waals surface area contributed by atoms with Gasteiger partial charge in [0, 0.05) is 34.0 Å². The molecule has 0 bridgehead atoms.